The molecule has 1 heterocycles. The van der Waals surface area contributed by atoms with Gasteiger partial charge in [0.05, 0.1) is 11.7 Å². The van der Waals surface area contributed by atoms with Crippen LogP contribution in [-0.4, -0.2) is 15.8 Å². The van der Waals surface area contributed by atoms with Crippen LogP contribution in [0.25, 0.3) is 0 Å². The van der Waals surface area contributed by atoms with E-state index in [1.165, 1.54) is 18.4 Å². The van der Waals surface area contributed by atoms with Gasteiger partial charge in [0.1, 0.15) is 0 Å². The maximum Gasteiger partial charge on any atom is 0.0543 e. The van der Waals surface area contributed by atoms with Crippen LogP contribution in [0.2, 0.25) is 0 Å². The van der Waals surface area contributed by atoms with E-state index in [2.05, 4.69) is 39.0 Å². The molecule has 0 aromatic carbocycles. The van der Waals surface area contributed by atoms with Gasteiger partial charge in [-0.25, -0.2) is 0 Å². The fourth-order valence-electron chi connectivity index (χ4n) is 2.09. The highest BCUT2D eigenvalue weighted by Gasteiger charge is 2.48. The summed E-state index contributed by atoms with van der Waals surface area (Å²) in [6.07, 6.45) is 6.57. The molecule has 0 amide bonds. The van der Waals surface area contributed by atoms with E-state index in [0.717, 1.165) is 0 Å². The molecule has 0 bridgehead atoms. The zero-order valence-corrected chi connectivity index (χ0v) is 10.1. The van der Waals surface area contributed by atoms with Crippen molar-refractivity contribution in [3.8, 4) is 0 Å². The molecule has 1 aliphatic carbocycles. The minimum atomic E-state index is 0.0617. The van der Waals surface area contributed by atoms with Crippen LogP contribution in [0, 0.1) is 0 Å². The Morgan fingerprint density at radius 3 is 2.40 bits per heavy atom. The Morgan fingerprint density at radius 1 is 1.47 bits per heavy atom. The second-order valence-electron chi connectivity index (χ2n) is 5.79. The Morgan fingerprint density at radius 2 is 2.07 bits per heavy atom. The number of hydrogen-bond donors (Lipinski definition) is 1. The molecule has 1 aromatic heterocycles. The lowest BCUT2D eigenvalue weighted by Gasteiger charge is -2.20. The standard InChI is InChI=1S/C12H21N3/c1-9(13)12(5-6-12)10-7-14-15(8-10)11(2,3)4/h7-9H,5-6,13H2,1-4H3. The largest absolute Gasteiger partial charge is 0.327 e. The summed E-state index contributed by atoms with van der Waals surface area (Å²) in [4.78, 5) is 0. The first-order valence-electron chi connectivity index (χ1n) is 5.67. The third-order valence-electron chi connectivity index (χ3n) is 3.51. The minimum Gasteiger partial charge on any atom is -0.327 e. The van der Waals surface area contributed by atoms with Gasteiger partial charge < -0.3 is 5.73 Å². The second kappa shape index (κ2) is 3.08. The zero-order chi connectivity index (χ0) is 11.3. The van der Waals surface area contributed by atoms with Gasteiger partial charge >= 0.3 is 0 Å². The van der Waals surface area contributed by atoms with E-state index < -0.39 is 0 Å². The third kappa shape index (κ3) is 1.69. The molecule has 0 aliphatic heterocycles. The molecule has 1 aromatic rings. The summed E-state index contributed by atoms with van der Waals surface area (Å²) >= 11 is 0. The molecule has 1 aliphatic rings. The van der Waals surface area contributed by atoms with E-state index in [0.29, 0.717) is 0 Å². The van der Waals surface area contributed by atoms with E-state index >= 15 is 0 Å². The Balaban J connectivity index is 2.29. The fraction of sp³-hybridized carbons (Fsp3) is 0.750. The van der Waals surface area contributed by atoms with Crippen LogP contribution in [0.1, 0.15) is 46.1 Å². The Labute approximate surface area is 91.7 Å². The highest BCUT2D eigenvalue weighted by molar-refractivity contribution is 5.30. The van der Waals surface area contributed by atoms with Crippen molar-refractivity contribution in [2.24, 2.45) is 5.73 Å². The van der Waals surface area contributed by atoms with Crippen LogP contribution >= 0.6 is 0 Å². The van der Waals surface area contributed by atoms with Crippen molar-refractivity contribution >= 4 is 0 Å². The van der Waals surface area contributed by atoms with Crippen LogP contribution in [0.4, 0.5) is 0 Å². The Hall–Kier alpha value is -0.830. The molecule has 3 nitrogen and oxygen atoms in total. The van der Waals surface area contributed by atoms with Crippen LogP contribution in [-0.2, 0) is 11.0 Å². The monoisotopic (exact) mass is 207 g/mol. The molecule has 2 N–H and O–H groups in total. The lowest BCUT2D eigenvalue weighted by molar-refractivity contribution is 0.354. The van der Waals surface area contributed by atoms with Crippen molar-refractivity contribution in [2.45, 2.75) is 57.5 Å². The molecule has 84 valence electrons. The van der Waals surface area contributed by atoms with Gasteiger partial charge in [0.25, 0.3) is 0 Å². The predicted molar refractivity (Wildman–Crippen MR) is 61.8 cm³/mol. The van der Waals surface area contributed by atoms with Gasteiger partial charge in [0, 0.05) is 17.7 Å². The SMILES string of the molecule is CC(N)C1(c2cnn(C(C)(C)C)c2)CC1. The molecular weight excluding hydrogens is 186 g/mol. The van der Waals surface area contributed by atoms with Crippen molar-refractivity contribution in [1.29, 1.82) is 0 Å². The molecule has 1 fully saturated rings. The number of aromatic nitrogens is 2. The summed E-state index contributed by atoms with van der Waals surface area (Å²) in [5, 5.41) is 4.44. The molecule has 3 heteroatoms. The summed E-state index contributed by atoms with van der Waals surface area (Å²) in [6.45, 7) is 8.58. The summed E-state index contributed by atoms with van der Waals surface area (Å²) < 4.78 is 2.03. The smallest absolute Gasteiger partial charge is 0.0543 e. The molecule has 1 unspecified atom stereocenters. The van der Waals surface area contributed by atoms with Gasteiger partial charge in [0.15, 0.2) is 0 Å². The number of nitrogens with zero attached hydrogens (tertiary/aromatic N) is 2. The average Bonchev–Trinajstić information content (AvgIpc) is 2.75. The fourth-order valence-corrected chi connectivity index (χ4v) is 2.09. The minimum absolute atomic E-state index is 0.0617. The number of hydrogen-bond acceptors (Lipinski definition) is 2. The highest BCUT2D eigenvalue weighted by atomic mass is 15.3. The van der Waals surface area contributed by atoms with E-state index in [9.17, 15) is 0 Å². The molecule has 0 saturated heterocycles. The molecule has 0 radical (unpaired) electrons. The van der Waals surface area contributed by atoms with Gasteiger partial charge in [0.2, 0.25) is 0 Å². The topological polar surface area (TPSA) is 43.8 Å². The van der Waals surface area contributed by atoms with Gasteiger partial charge in [-0.05, 0) is 46.1 Å². The molecule has 2 rings (SSSR count). The maximum atomic E-state index is 6.05. The highest BCUT2D eigenvalue weighted by Crippen LogP contribution is 2.50. The maximum absolute atomic E-state index is 6.05. The lowest BCUT2D eigenvalue weighted by atomic mass is 9.92. The van der Waals surface area contributed by atoms with Gasteiger partial charge in [-0.3, -0.25) is 4.68 Å². The Kier molecular flexibility index (Phi) is 2.19. The summed E-state index contributed by atoms with van der Waals surface area (Å²) in [7, 11) is 0. The summed E-state index contributed by atoms with van der Waals surface area (Å²) in [5.41, 5.74) is 7.65. The summed E-state index contributed by atoms with van der Waals surface area (Å²) in [5.74, 6) is 0. The quantitative estimate of drug-likeness (QED) is 0.806. The second-order valence-corrected chi connectivity index (χ2v) is 5.79. The lowest BCUT2D eigenvalue weighted by Crippen LogP contribution is -2.31. The Bertz CT molecular complexity index is 353. The first kappa shape index (κ1) is 10.7. The third-order valence-corrected chi connectivity index (χ3v) is 3.51. The van der Waals surface area contributed by atoms with E-state index in [-0.39, 0.29) is 17.0 Å². The number of rotatable bonds is 2. The van der Waals surface area contributed by atoms with Crippen LogP contribution < -0.4 is 5.73 Å². The van der Waals surface area contributed by atoms with E-state index in [4.69, 9.17) is 5.73 Å². The first-order chi connectivity index (χ1) is 6.86. The van der Waals surface area contributed by atoms with Crippen molar-refractivity contribution in [1.82, 2.24) is 9.78 Å². The van der Waals surface area contributed by atoms with Crippen molar-refractivity contribution in [3.63, 3.8) is 0 Å². The van der Waals surface area contributed by atoms with Crippen LogP contribution in [0.15, 0.2) is 12.4 Å². The number of nitrogens with two attached hydrogens (primary N) is 1. The molecule has 15 heavy (non-hydrogen) atoms. The van der Waals surface area contributed by atoms with Crippen molar-refractivity contribution in [2.75, 3.05) is 0 Å². The average molecular weight is 207 g/mol. The zero-order valence-electron chi connectivity index (χ0n) is 10.1. The van der Waals surface area contributed by atoms with Gasteiger partial charge in [-0.1, -0.05) is 0 Å². The summed E-state index contributed by atoms with van der Waals surface area (Å²) in [6, 6.07) is 0.232. The van der Waals surface area contributed by atoms with Crippen LogP contribution in [0.3, 0.4) is 0 Å². The van der Waals surface area contributed by atoms with E-state index in [1.54, 1.807) is 0 Å². The van der Waals surface area contributed by atoms with Gasteiger partial charge in [-0.15, -0.1) is 0 Å². The van der Waals surface area contributed by atoms with Gasteiger partial charge in [-0.2, -0.15) is 5.10 Å². The predicted octanol–water partition coefficient (Wildman–Crippen LogP) is 2.02. The van der Waals surface area contributed by atoms with E-state index in [1.807, 2.05) is 10.9 Å². The van der Waals surface area contributed by atoms with Crippen molar-refractivity contribution < 1.29 is 0 Å². The van der Waals surface area contributed by atoms with Crippen LogP contribution in [0.5, 0.6) is 0 Å². The normalized spacial score (nSPS) is 21.4. The molecule has 1 saturated carbocycles. The molecule has 1 atom stereocenters. The first-order valence-corrected chi connectivity index (χ1v) is 5.67. The van der Waals surface area contributed by atoms with Crippen molar-refractivity contribution in [3.05, 3.63) is 18.0 Å². The molecular formula is C12H21N3. The molecule has 0 spiro atoms.